The van der Waals surface area contributed by atoms with Crippen molar-refractivity contribution in [3.05, 3.63) is 18.2 Å². The number of aromatic nitrogens is 2. The molecule has 0 saturated carbocycles. The molecule has 5 unspecified atom stereocenters. The topological polar surface area (TPSA) is 286 Å². The molecule has 0 aliphatic carbocycles. The highest BCUT2D eigenvalue weighted by Gasteiger charge is 2.33. The van der Waals surface area contributed by atoms with Crippen molar-refractivity contribution in [3.63, 3.8) is 0 Å². The number of carbonyl (C=O) groups excluding carboxylic acids is 5. The van der Waals surface area contributed by atoms with Crippen LogP contribution < -0.4 is 33.2 Å². The van der Waals surface area contributed by atoms with Gasteiger partial charge < -0.3 is 48.3 Å². The van der Waals surface area contributed by atoms with Crippen molar-refractivity contribution < 1.29 is 39.0 Å². The number of nitrogens with zero attached hydrogens (tertiary/aromatic N) is 1. The summed E-state index contributed by atoms with van der Waals surface area (Å²) in [5.41, 5.74) is 16.4. The number of carboxylic acids is 1. The Kier molecular flexibility index (Phi) is 10.6. The molecule has 1 aromatic heterocycles. The second kappa shape index (κ2) is 12.9. The number of nitrogens with two attached hydrogens (primary N) is 3. The molecule has 0 radical (unpaired) electrons. The second-order valence-electron chi connectivity index (χ2n) is 7.42. The predicted molar refractivity (Wildman–Crippen MR) is 113 cm³/mol. The minimum absolute atomic E-state index is 0.0448. The Morgan fingerprint density at radius 3 is 2.00 bits per heavy atom. The number of rotatable bonds is 14. The molecular weight excluding hydrogens is 456 g/mol. The predicted octanol–water partition coefficient (Wildman–Crippen LogP) is -5.05. The fraction of sp³-hybridized carbons (Fsp3) is 0.500. The summed E-state index contributed by atoms with van der Waals surface area (Å²) in [6.45, 7) is 1.18. The van der Waals surface area contributed by atoms with E-state index >= 15 is 0 Å². The van der Waals surface area contributed by atoms with Crippen LogP contribution in [-0.4, -0.2) is 86.0 Å². The summed E-state index contributed by atoms with van der Waals surface area (Å²) in [4.78, 5) is 77.7. The van der Waals surface area contributed by atoms with Crippen molar-refractivity contribution in [2.45, 2.75) is 56.5 Å². The zero-order valence-corrected chi connectivity index (χ0v) is 18.2. The van der Waals surface area contributed by atoms with E-state index in [0.29, 0.717) is 5.69 Å². The number of primary amides is 2. The van der Waals surface area contributed by atoms with Crippen molar-refractivity contribution in [1.29, 1.82) is 0 Å². The molecule has 34 heavy (non-hydrogen) atoms. The number of aliphatic hydroxyl groups is 1. The van der Waals surface area contributed by atoms with Crippen LogP contribution in [0.2, 0.25) is 0 Å². The van der Waals surface area contributed by atoms with Crippen molar-refractivity contribution >= 4 is 35.5 Å². The molecule has 16 nitrogen and oxygen atoms in total. The maximum atomic E-state index is 12.7. The number of hydrogen-bond acceptors (Lipinski definition) is 9. The molecule has 1 heterocycles. The first-order chi connectivity index (χ1) is 15.8. The van der Waals surface area contributed by atoms with E-state index in [2.05, 4.69) is 20.6 Å². The Balaban J connectivity index is 2.92. The highest BCUT2D eigenvalue weighted by Crippen LogP contribution is 2.02. The van der Waals surface area contributed by atoms with Crippen molar-refractivity contribution in [2.75, 3.05) is 0 Å². The molecule has 0 aromatic carbocycles. The molecule has 12 N–H and O–H groups in total. The Bertz CT molecular complexity index is 904. The third-order valence-electron chi connectivity index (χ3n) is 4.45. The van der Waals surface area contributed by atoms with Crippen LogP contribution in [0, 0.1) is 0 Å². The second-order valence-corrected chi connectivity index (χ2v) is 7.42. The number of aliphatic carboxylic acids is 1. The highest BCUT2D eigenvalue weighted by atomic mass is 16.4. The summed E-state index contributed by atoms with van der Waals surface area (Å²) in [7, 11) is 0. The summed E-state index contributed by atoms with van der Waals surface area (Å²) in [6.07, 6.45) is -0.0830. The normalized spacial score (nSPS) is 15.1. The van der Waals surface area contributed by atoms with Crippen molar-refractivity contribution in [2.24, 2.45) is 17.2 Å². The van der Waals surface area contributed by atoms with Crippen LogP contribution in [0.15, 0.2) is 12.5 Å². The Morgan fingerprint density at radius 1 is 0.971 bits per heavy atom. The lowest BCUT2D eigenvalue weighted by Crippen LogP contribution is -2.60. The molecule has 0 fully saturated rings. The van der Waals surface area contributed by atoms with E-state index in [1.807, 2.05) is 5.32 Å². The average molecular weight is 484 g/mol. The Morgan fingerprint density at radius 2 is 1.53 bits per heavy atom. The van der Waals surface area contributed by atoms with Crippen molar-refractivity contribution in [3.8, 4) is 0 Å². The molecule has 0 bridgehead atoms. The van der Waals surface area contributed by atoms with E-state index in [1.54, 1.807) is 0 Å². The molecule has 0 saturated heterocycles. The van der Waals surface area contributed by atoms with E-state index in [4.69, 9.17) is 22.3 Å². The Labute approximate surface area is 193 Å². The highest BCUT2D eigenvalue weighted by molar-refractivity contribution is 5.97. The first-order valence-corrected chi connectivity index (χ1v) is 9.93. The number of H-pyrrole nitrogens is 1. The van der Waals surface area contributed by atoms with Crippen LogP contribution in [-0.2, 0) is 35.2 Å². The summed E-state index contributed by atoms with van der Waals surface area (Å²) in [6, 6.07) is -6.13. The zero-order chi connectivity index (χ0) is 26.0. The van der Waals surface area contributed by atoms with Crippen LogP contribution in [0.4, 0.5) is 0 Å². The molecule has 5 atom stereocenters. The molecule has 5 amide bonds. The van der Waals surface area contributed by atoms with Crippen molar-refractivity contribution in [1.82, 2.24) is 25.9 Å². The number of hydrogen-bond donors (Lipinski definition) is 9. The fourth-order valence-electron chi connectivity index (χ4n) is 2.74. The SMILES string of the molecule is CC(O)C(NC(=O)C(N)Cc1cnc[nH]1)C(=O)NC(CC(N)=O)C(=O)NC(CC(N)=O)C(=O)O. The standard InChI is InChI=1S/C18H28N8O8/c1-7(27)14(26-15(30)9(19)2-8-5-22-6-23-8)17(32)24-10(3-12(20)28)16(31)25-11(18(33)34)4-13(21)29/h5-7,9-11,14,27H,2-4,19H2,1H3,(H2,20,28)(H2,21,29)(H,22,23)(H,24,32)(H,25,31)(H,26,30)(H,33,34). The van der Waals surface area contributed by atoms with Gasteiger partial charge in [0.1, 0.15) is 18.1 Å². The van der Waals surface area contributed by atoms with Gasteiger partial charge in [-0.3, -0.25) is 24.0 Å². The molecule has 0 aliphatic rings. The third-order valence-corrected chi connectivity index (χ3v) is 4.45. The summed E-state index contributed by atoms with van der Waals surface area (Å²) < 4.78 is 0. The van der Waals surface area contributed by atoms with Crippen LogP contribution in [0.3, 0.4) is 0 Å². The van der Waals surface area contributed by atoms with Gasteiger partial charge in [0.15, 0.2) is 0 Å². The zero-order valence-electron chi connectivity index (χ0n) is 18.2. The lowest BCUT2D eigenvalue weighted by Gasteiger charge is -2.26. The lowest BCUT2D eigenvalue weighted by molar-refractivity contribution is -0.144. The average Bonchev–Trinajstić information content (AvgIpc) is 3.22. The van der Waals surface area contributed by atoms with Gasteiger partial charge in [-0.1, -0.05) is 0 Å². The van der Waals surface area contributed by atoms with Gasteiger partial charge in [-0.05, 0) is 6.92 Å². The first kappa shape index (κ1) is 28.0. The number of aliphatic hydroxyl groups excluding tert-OH is 1. The number of imidazole rings is 1. The molecule has 0 spiro atoms. The van der Waals surface area contributed by atoms with E-state index in [9.17, 15) is 33.9 Å². The molecule has 188 valence electrons. The number of amides is 5. The quantitative estimate of drug-likeness (QED) is 0.121. The van der Waals surface area contributed by atoms with Gasteiger partial charge in [-0.2, -0.15) is 0 Å². The number of nitrogens with one attached hydrogen (secondary N) is 4. The van der Waals surface area contributed by atoms with E-state index in [0.717, 1.165) is 0 Å². The van der Waals surface area contributed by atoms with E-state index in [-0.39, 0.29) is 6.42 Å². The Hall–Kier alpha value is -4.05. The number of aromatic amines is 1. The number of carboxylic acid groups (broad SMARTS) is 1. The van der Waals surface area contributed by atoms with Gasteiger partial charge in [-0.15, -0.1) is 0 Å². The minimum atomic E-state index is -1.73. The summed E-state index contributed by atoms with van der Waals surface area (Å²) >= 11 is 0. The first-order valence-electron chi connectivity index (χ1n) is 9.93. The monoisotopic (exact) mass is 484 g/mol. The van der Waals surface area contributed by atoms with Gasteiger partial charge >= 0.3 is 5.97 Å². The van der Waals surface area contributed by atoms with Gasteiger partial charge in [0.25, 0.3) is 0 Å². The van der Waals surface area contributed by atoms with E-state index in [1.165, 1.54) is 19.4 Å². The fourth-order valence-corrected chi connectivity index (χ4v) is 2.74. The largest absolute Gasteiger partial charge is 0.480 e. The maximum absolute atomic E-state index is 12.7. The molecule has 1 rings (SSSR count). The van der Waals surface area contributed by atoms with Gasteiger partial charge in [-0.25, -0.2) is 9.78 Å². The van der Waals surface area contributed by atoms with Crippen LogP contribution >= 0.6 is 0 Å². The van der Waals surface area contributed by atoms with E-state index < -0.39 is 78.6 Å². The van der Waals surface area contributed by atoms with Gasteiger partial charge in [0, 0.05) is 18.3 Å². The van der Waals surface area contributed by atoms with Gasteiger partial charge in [0.05, 0.1) is 31.3 Å². The smallest absolute Gasteiger partial charge is 0.326 e. The van der Waals surface area contributed by atoms with Gasteiger partial charge in [0.2, 0.25) is 29.5 Å². The molecule has 16 heteroatoms. The van der Waals surface area contributed by atoms with Crippen LogP contribution in [0.1, 0.15) is 25.5 Å². The maximum Gasteiger partial charge on any atom is 0.326 e. The molecule has 0 aliphatic heterocycles. The van der Waals surface area contributed by atoms with Crippen LogP contribution in [0.25, 0.3) is 0 Å². The number of carbonyl (C=O) groups is 6. The molecule has 1 aromatic rings. The molecular formula is C18H28N8O8. The summed E-state index contributed by atoms with van der Waals surface area (Å²) in [5.74, 6) is -6.68. The third kappa shape index (κ3) is 9.21. The minimum Gasteiger partial charge on any atom is -0.480 e. The van der Waals surface area contributed by atoms with Crippen LogP contribution in [0.5, 0.6) is 0 Å². The summed E-state index contributed by atoms with van der Waals surface area (Å²) in [5, 5.41) is 25.4. The lowest BCUT2D eigenvalue weighted by atomic mass is 10.1.